The second-order valence-corrected chi connectivity index (χ2v) is 4.88. The van der Waals surface area contributed by atoms with E-state index in [4.69, 9.17) is 4.74 Å². The zero-order chi connectivity index (χ0) is 15.1. The van der Waals surface area contributed by atoms with E-state index in [0.717, 1.165) is 0 Å². The van der Waals surface area contributed by atoms with Crippen molar-refractivity contribution in [3.05, 3.63) is 39.9 Å². The Morgan fingerprint density at radius 3 is 2.45 bits per heavy atom. The van der Waals surface area contributed by atoms with Crippen LogP contribution in [0.3, 0.4) is 0 Å². The molecule has 6 heteroatoms. The molecule has 1 rings (SSSR count). The van der Waals surface area contributed by atoms with Gasteiger partial charge in [0.1, 0.15) is 0 Å². The zero-order valence-corrected chi connectivity index (χ0v) is 12.0. The normalized spacial score (nSPS) is 11.1. The molecule has 0 heterocycles. The first-order valence-corrected chi connectivity index (χ1v) is 6.48. The van der Waals surface area contributed by atoms with E-state index in [1.807, 2.05) is 25.8 Å². The van der Waals surface area contributed by atoms with Gasteiger partial charge in [0.25, 0.3) is 5.69 Å². The third-order valence-electron chi connectivity index (χ3n) is 2.74. The topological polar surface area (TPSA) is 72.7 Å². The molecule has 110 valence electrons. The lowest BCUT2D eigenvalue weighted by Gasteiger charge is -2.16. The highest BCUT2D eigenvalue weighted by Gasteiger charge is 2.11. The summed E-state index contributed by atoms with van der Waals surface area (Å²) in [6, 6.07) is 5.65. The number of ether oxygens (including phenoxy) is 1. The average Bonchev–Trinajstić information content (AvgIpc) is 2.38. The quantitative estimate of drug-likeness (QED) is 0.414. The van der Waals surface area contributed by atoms with Crippen molar-refractivity contribution >= 4 is 11.5 Å². The number of nitro benzene ring substituents is 1. The standard InChI is InChI=1S/C14H20N2O4/c1-11(2)20-9-8-15(3)10-14(17)12-4-6-13(7-5-12)16(18)19/h4-7,11H,8-10H2,1-3H3. The first-order chi connectivity index (χ1) is 9.40. The van der Waals surface area contributed by atoms with Crippen LogP contribution in [-0.2, 0) is 4.74 Å². The Labute approximate surface area is 118 Å². The fraction of sp³-hybridized carbons (Fsp3) is 0.500. The number of nitro groups is 1. The van der Waals surface area contributed by atoms with Gasteiger partial charge in [-0.25, -0.2) is 0 Å². The maximum Gasteiger partial charge on any atom is 0.269 e. The van der Waals surface area contributed by atoms with E-state index in [2.05, 4.69) is 0 Å². The van der Waals surface area contributed by atoms with Crippen molar-refractivity contribution in [1.82, 2.24) is 4.90 Å². The molecule has 20 heavy (non-hydrogen) atoms. The Hall–Kier alpha value is -1.79. The molecular weight excluding hydrogens is 260 g/mol. The van der Waals surface area contributed by atoms with E-state index in [9.17, 15) is 14.9 Å². The summed E-state index contributed by atoms with van der Waals surface area (Å²) in [6.07, 6.45) is 0.175. The Kier molecular flexibility index (Phi) is 6.27. The van der Waals surface area contributed by atoms with E-state index in [0.29, 0.717) is 18.7 Å². The van der Waals surface area contributed by atoms with Crippen LogP contribution < -0.4 is 0 Å². The minimum Gasteiger partial charge on any atom is -0.377 e. The van der Waals surface area contributed by atoms with Crippen molar-refractivity contribution in [2.75, 3.05) is 26.7 Å². The van der Waals surface area contributed by atoms with Crippen LogP contribution in [0.25, 0.3) is 0 Å². The van der Waals surface area contributed by atoms with Gasteiger partial charge < -0.3 is 4.74 Å². The van der Waals surface area contributed by atoms with Crippen LogP contribution in [0.5, 0.6) is 0 Å². The van der Waals surface area contributed by atoms with Crippen molar-refractivity contribution in [2.24, 2.45) is 0 Å². The highest BCUT2D eigenvalue weighted by atomic mass is 16.6. The zero-order valence-electron chi connectivity index (χ0n) is 12.0. The van der Waals surface area contributed by atoms with Crippen LogP contribution in [0.15, 0.2) is 24.3 Å². The molecule has 0 atom stereocenters. The lowest BCUT2D eigenvalue weighted by atomic mass is 10.1. The number of benzene rings is 1. The monoisotopic (exact) mass is 280 g/mol. The van der Waals surface area contributed by atoms with E-state index >= 15 is 0 Å². The summed E-state index contributed by atoms with van der Waals surface area (Å²) in [4.78, 5) is 23.9. The highest BCUT2D eigenvalue weighted by Crippen LogP contribution is 2.12. The maximum atomic E-state index is 12.0. The molecule has 0 aliphatic carbocycles. The fourth-order valence-electron chi connectivity index (χ4n) is 1.63. The number of likely N-dealkylation sites (N-methyl/N-ethyl adjacent to an activating group) is 1. The van der Waals surface area contributed by atoms with Gasteiger partial charge in [0.2, 0.25) is 0 Å². The number of carbonyl (C=O) groups is 1. The SMILES string of the molecule is CC(C)OCCN(C)CC(=O)c1ccc([N+](=O)[O-])cc1. The molecule has 0 aliphatic rings. The van der Waals surface area contributed by atoms with Crippen molar-refractivity contribution in [3.63, 3.8) is 0 Å². The van der Waals surface area contributed by atoms with Gasteiger partial charge in [-0.05, 0) is 33.0 Å². The highest BCUT2D eigenvalue weighted by molar-refractivity contribution is 5.97. The average molecular weight is 280 g/mol. The van der Waals surface area contributed by atoms with Crippen LogP contribution >= 0.6 is 0 Å². The molecular formula is C14H20N2O4. The molecule has 0 N–H and O–H groups in total. The smallest absolute Gasteiger partial charge is 0.269 e. The molecule has 0 spiro atoms. The van der Waals surface area contributed by atoms with E-state index in [-0.39, 0.29) is 24.1 Å². The molecule has 0 bridgehead atoms. The summed E-state index contributed by atoms with van der Waals surface area (Å²) in [6.45, 7) is 5.42. The number of hydrogen-bond donors (Lipinski definition) is 0. The Balaban J connectivity index is 2.47. The molecule has 1 aromatic rings. The predicted octanol–water partition coefficient (Wildman–Crippen LogP) is 2.13. The minimum absolute atomic E-state index is 0.0137. The summed E-state index contributed by atoms with van der Waals surface area (Å²) < 4.78 is 5.41. The number of carbonyl (C=O) groups excluding carboxylic acids is 1. The minimum atomic E-state index is -0.483. The second-order valence-electron chi connectivity index (χ2n) is 4.88. The molecule has 0 aliphatic heterocycles. The Morgan fingerprint density at radius 1 is 1.35 bits per heavy atom. The largest absolute Gasteiger partial charge is 0.377 e. The molecule has 0 aromatic heterocycles. The van der Waals surface area contributed by atoms with E-state index in [1.165, 1.54) is 24.3 Å². The fourth-order valence-corrected chi connectivity index (χ4v) is 1.63. The van der Waals surface area contributed by atoms with Gasteiger partial charge in [-0.3, -0.25) is 19.8 Å². The molecule has 0 radical (unpaired) electrons. The van der Waals surface area contributed by atoms with Gasteiger partial charge in [0.05, 0.1) is 24.2 Å². The number of hydrogen-bond acceptors (Lipinski definition) is 5. The third kappa shape index (κ3) is 5.46. The van der Waals surface area contributed by atoms with Crippen LogP contribution in [0.4, 0.5) is 5.69 Å². The van der Waals surface area contributed by atoms with E-state index < -0.39 is 4.92 Å². The number of Topliss-reactive ketones (excluding diaryl/α,β-unsaturated/α-hetero) is 1. The van der Waals surface area contributed by atoms with Gasteiger partial charge >= 0.3 is 0 Å². The summed E-state index contributed by atoms with van der Waals surface area (Å²) in [5.74, 6) is -0.0630. The first-order valence-electron chi connectivity index (χ1n) is 6.48. The summed E-state index contributed by atoms with van der Waals surface area (Å²) >= 11 is 0. The lowest BCUT2D eigenvalue weighted by molar-refractivity contribution is -0.384. The second kappa shape index (κ2) is 7.72. The number of nitrogens with zero attached hydrogens (tertiary/aromatic N) is 2. The number of rotatable bonds is 8. The van der Waals surface area contributed by atoms with Crippen molar-refractivity contribution in [2.45, 2.75) is 20.0 Å². The summed E-state index contributed by atoms with van der Waals surface area (Å²) in [5, 5.41) is 10.5. The Bertz CT molecular complexity index is 457. The lowest BCUT2D eigenvalue weighted by Crippen LogP contribution is -2.29. The molecule has 0 amide bonds. The molecule has 1 aromatic carbocycles. The Morgan fingerprint density at radius 2 is 1.95 bits per heavy atom. The van der Waals surface area contributed by atoms with E-state index in [1.54, 1.807) is 0 Å². The third-order valence-corrected chi connectivity index (χ3v) is 2.74. The summed E-state index contributed by atoms with van der Waals surface area (Å²) in [7, 11) is 1.84. The number of ketones is 1. The molecule has 0 saturated carbocycles. The predicted molar refractivity (Wildman–Crippen MR) is 76.0 cm³/mol. The summed E-state index contributed by atoms with van der Waals surface area (Å²) in [5.41, 5.74) is 0.465. The van der Waals surface area contributed by atoms with Crippen LogP contribution in [0.1, 0.15) is 24.2 Å². The molecule has 0 unspecified atom stereocenters. The molecule has 0 fully saturated rings. The van der Waals surface area contributed by atoms with Gasteiger partial charge in [0.15, 0.2) is 5.78 Å². The maximum absolute atomic E-state index is 12.0. The van der Waals surface area contributed by atoms with Gasteiger partial charge in [-0.15, -0.1) is 0 Å². The van der Waals surface area contributed by atoms with Crippen molar-refractivity contribution in [3.8, 4) is 0 Å². The van der Waals surface area contributed by atoms with Crippen LogP contribution in [-0.4, -0.2) is 48.5 Å². The molecule has 6 nitrogen and oxygen atoms in total. The molecule has 0 saturated heterocycles. The number of non-ortho nitro benzene ring substituents is 1. The van der Waals surface area contributed by atoms with Crippen LogP contribution in [0.2, 0.25) is 0 Å². The van der Waals surface area contributed by atoms with Crippen molar-refractivity contribution < 1.29 is 14.5 Å². The van der Waals surface area contributed by atoms with Crippen LogP contribution in [0, 0.1) is 10.1 Å². The first kappa shape index (κ1) is 16.3. The van der Waals surface area contributed by atoms with Gasteiger partial charge in [0, 0.05) is 24.2 Å². The van der Waals surface area contributed by atoms with Gasteiger partial charge in [-0.2, -0.15) is 0 Å². The van der Waals surface area contributed by atoms with Gasteiger partial charge in [-0.1, -0.05) is 0 Å². The van der Waals surface area contributed by atoms with Crippen molar-refractivity contribution in [1.29, 1.82) is 0 Å².